The van der Waals surface area contributed by atoms with Crippen molar-refractivity contribution in [3.63, 3.8) is 0 Å². The molecule has 6 rings (SSSR count). The van der Waals surface area contributed by atoms with Gasteiger partial charge in [-0.15, -0.1) is 0 Å². The fraction of sp³-hybridized carbons (Fsp3) is 0.440. The van der Waals surface area contributed by atoms with Crippen LogP contribution < -0.4 is 9.46 Å². The SMILES string of the molecule is O=C(COc1cc(I)c(S(=O)(=O)O)c(I)c1)OC12CC3CC(C1)CC(C(=O)NS(=O)(=O)c1ccccc1)(C3)C2. The fourth-order valence-corrected chi connectivity index (χ4v) is 11.8. The van der Waals surface area contributed by atoms with E-state index < -0.39 is 49.6 Å². The van der Waals surface area contributed by atoms with Crippen molar-refractivity contribution in [2.24, 2.45) is 17.3 Å². The number of ether oxygens (including phenoxy) is 2. The fourth-order valence-electron chi connectivity index (χ4n) is 6.73. The van der Waals surface area contributed by atoms with Crippen LogP contribution in [0.3, 0.4) is 0 Å². The Labute approximate surface area is 253 Å². The molecule has 210 valence electrons. The summed E-state index contributed by atoms with van der Waals surface area (Å²) in [5, 5.41) is 0. The van der Waals surface area contributed by atoms with Crippen molar-refractivity contribution < 1.29 is 40.5 Å². The van der Waals surface area contributed by atoms with Crippen LogP contribution in [0.15, 0.2) is 52.3 Å². The van der Waals surface area contributed by atoms with Crippen molar-refractivity contribution in [3.8, 4) is 5.75 Å². The van der Waals surface area contributed by atoms with Gasteiger partial charge in [-0.05, 0) is 113 Å². The molecular weight excluding hydrogens is 776 g/mol. The Balaban J connectivity index is 1.28. The van der Waals surface area contributed by atoms with E-state index in [1.165, 1.54) is 24.3 Å². The second-order valence-electron chi connectivity index (χ2n) is 10.6. The van der Waals surface area contributed by atoms with Crippen molar-refractivity contribution in [3.05, 3.63) is 49.6 Å². The highest BCUT2D eigenvalue weighted by Crippen LogP contribution is 2.63. The smallest absolute Gasteiger partial charge is 0.344 e. The molecule has 2 aromatic rings. The topological polar surface area (TPSA) is 153 Å². The normalized spacial score (nSPS) is 27.7. The van der Waals surface area contributed by atoms with Crippen LogP contribution in [0.5, 0.6) is 5.75 Å². The molecule has 0 spiro atoms. The molecule has 0 aromatic heterocycles. The van der Waals surface area contributed by atoms with Gasteiger partial charge < -0.3 is 9.47 Å². The molecule has 14 heteroatoms. The van der Waals surface area contributed by atoms with Crippen LogP contribution in [-0.2, 0) is 34.5 Å². The number of carbonyl (C=O) groups excluding carboxylic acids is 2. The molecule has 39 heavy (non-hydrogen) atoms. The molecule has 4 saturated carbocycles. The van der Waals surface area contributed by atoms with Crippen LogP contribution >= 0.6 is 45.2 Å². The van der Waals surface area contributed by atoms with Crippen molar-refractivity contribution in [2.75, 3.05) is 6.61 Å². The zero-order valence-corrected chi connectivity index (χ0v) is 26.4. The minimum Gasteiger partial charge on any atom is -0.482 e. The zero-order chi connectivity index (χ0) is 28.2. The summed E-state index contributed by atoms with van der Waals surface area (Å²) in [7, 11) is -8.45. The van der Waals surface area contributed by atoms with Crippen molar-refractivity contribution in [2.45, 2.75) is 53.9 Å². The maximum Gasteiger partial charge on any atom is 0.344 e. The first kappa shape index (κ1) is 29.0. The van der Waals surface area contributed by atoms with E-state index in [9.17, 15) is 31.0 Å². The van der Waals surface area contributed by atoms with E-state index in [1.807, 2.05) is 0 Å². The standard InChI is InChI=1S/C25H25I2NO9S2/c26-19-7-17(8-20(27)22(19)39(33,34)35)36-13-21(29)37-25-11-15-6-16(12-25)10-24(9-15,14-25)23(30)28-38(31,32)18-4-2-1-3-5-18/h1-5,7-8,15-16H,6,9-14H2,(H,28,30)(H,33,34,35). The number of hydrogen-bond acceptors (Lipinski definition) is 8. The lowest BCUT2D eigenvalue weighted by atomic mass is 9.47. The molecule has 0 radical (unpaired) electrons. The summed E-state index contributed by atoms with van der Waals surface area (Å²) in [5.74, 6) is -0.670. The molecule has 10 nitrogen and oxygen atoms in total. The average Bonchev–Trinajstić information content (AvgIpc) is 2.80. The summed E-state index contributed by atoms with van der Waals surface area (Å²) >= 11 is 3.53. The number of hydrogen-bond donors (Lipinski definition) is 2. The Hall–Kier alpha value is -1.50. The van der Waals surface area contributed by atoms with Gasteiger partial charge in [-0.25, -0.2) is 17.9 Å². The van der Waals surface area contributed by atoms with Crippen LogP contribution in [0.1, 0.15) is 38.5 Å². The molecule has 2 unspecified atom stereocenters. The van der Waals surface area contributed by atoms with Gasteiger partial charge in [0.1, 0.15) is 16.2 Å². The number of esters is 1. The zero-order valence-electron chi connectivity index (χ0n) is 20.4. The quantitative estimate of drug-likeness (QED) is 0.230. The van der Waals surface area contributed by atoms with Gasteiger partial charge >= 0.3 is 5.97 Å². The van der Waals surface area contributed by atoms with Gasteiger partial charge in [-0.3, -0.25) is 9.35 Å². The highest BCUT2D eigenvalue weighted by molar-refractivity contribution is 14.1. The lowest BCUT2D eigenvalue weighted by molar-refractivity contribution is -0.204. The predicted molar refractivity (Wildman–Crippen MR) is 155 cm³/mol. The maximum absolute atomic E-state index is 13.5. The summed E-state index contributed by atoms with van der Waals surface area (Å²) in [6.07, 6.45) is 3.46. The lowest BCUT2D eigenvalue weighted by Gasteiger charge is -2.60. The molecule has 0 heterocycles. The van der Waals surface area contributed by atoms with E-state index in [1.54, 1.807) is 63.4 Å². The first-order chi connectivity index (χ1) is 18.2. The number of halogens is 2. The van der Waals surface area contributed by atoms with Gasteiger partial charge in [-0.1, -0.05) is 18.2 Å². The first-order valence-electron chi connectivity index (χ1n) is 12.1. The van der Waals surface area contributed by atoms with Crippen LogP contribution in [0.4, 0.5) is 0 Å². The number of sulfonamides is 1. The molecule has 0 aliphatic heterocycles. The number of amides is 1. The minimum atomic E-state index is -4.42. The van der Waals surface area contributed by atoms with E-state index in [0.717, 1.165) is 6.42 Å². The first-order valence-corrected chi connectivity index (χ1v) is 17.2. The molecule has 2 atom stereocenters. The Morgan fingerprint density at radius 2 is 1.56 bits per heavy atom. The number of benzene rings is 2. The predicted octanol–water partition coefficient (Wildman–Crippen LogP) is 3.91. The molecule has 4 bridgehead atoms. The van der Waals surface area contributed by atoms with Gasteiger partial charge in [-0.2, -0.15) is 8.42 Å². The van der Waals surface area contributed by atoms with E-state index in [0.29, 0.717) is 25.7 Å². The maximum atomic E-state index is 13.5. The Morgan fingerprint density at radius 1 is 0.974 bits per heavy atom. The minimum absolute atomic E-state index is 0.00955. The molecule has 0 saturated heterocycles. The molecule has 4 fully saturated rings. The van der Waals surface area contributed by atoms with Crippen LogP contribution in [0.2, 0.25) is 0 Å². The third kappa shape index (κ3) is 5.94. The molecule has 4 aliphatic rings. The Kier molecular flexibility index (Phi) is 7.74. The average molecular weight is 801 g/mol. The molecule has 2 N–H and O–H groups in total. The van der Waals surface area contributed by atoms with E-state index in [-0.39, 0.29) is 40.9 Å². The Morgan fingerprint density at radius 3 is 2.13 bits per heavy atom. The van der Waals surface area contributed by atoms with E-state index in [4.69, 9.17) is 9.47 Å². The monoisotopic (exact) mass is 801 g/mol. The number of carbonyl (C=O) groups is 2. The van der Waals surface area contributed by atoms with Crippen LogP contribution in [0.25, 0.3) is 0 Å². The van der Waals surface area contributed by atoms with Gasteiger partial charge in [0.05, 0.1) is 10.3 Å². The summed E-state index contributed by atoms with van der Waals surface area (Å²) in [6.45, 7) is -0.434. The molecule has 2 aromatic carbocycles. The van der Waals surface area contributed by atoms with Crippen LogP contribution in [-0.4, -0.2) is 45.5 Å². The van der Waals surface area contributed by atoms with E-state index in [2.05, 4.69) is 4.72 Å². The highest BCUT2D eigenvalue weighted by atomic mass is 127. The Bertz CT molecular complexity index is 1510. The second kappa shape index (κ2) is 10.4. The summed E-state index contributed by atoms with van der Waals surface area (Å²) < 4.78 is 72.6. The summed E-state index contributed by atoms with van der Waals surface area (Å²) in [6, 6.07) is 10.5. The van der Waals surface area contributed by atoms with Gasteiger partial charge in [0, 0.05) is 13.6 Å². The van der Waals surface area contributed by atoms with Crippen molar-refractivity contribution in [1.29, 1.82) is 0 Å². The van der Waals surface area contributed by atoms with Crippen molar-refractivity contribution in [1.82, 2.24) is 4.72 Å². The summed E-state index contributed by atoms with van der Waals surface area (Å²) in [5.41, 5.74) is -1.82. The highest BCUT2D eigenvalue weighted by Gasteiger charge is 2.62. The number of nitrogens with one attached hydrogen (secondary N) is 1. The molecular formula is C25H25I2NO9S2. The molecule has 1 amide bonds. The van der Waals surface area contributed by atoms with Gasteiger partial charge in [0.15, 0.2) is 6.61 Å². The number of rotatable bonds is 8. The molecule has 4 aliphatic carbocycles. The largest absolute Gasteiger partial charge is 0.482 e. The van der Waals surface area contributed by atoms with Gasteiger partial charge in [0.25, 0.3) is 20.1 Å². The van der Waals surface area contributed by atoms with E-state index >= 15 is 0 Å². The third-order valence-corrected chi connectivity index (χ3v) is 12.4. The second-order valence-corrected chi connectivity index (χ2v) is 16.0. The third-order valence-electron chi connectivity index (χ3n) is 7.69. The van der Waals surface area contributed by atoms with Crippen molar-refractivity contribution >= 4 is 77.2 Å². The summed E-state index contributed by atoms with van der Waals surface area (Å²) in [4.78, 5) is 26.1. The van der Waals surface area contributed by atoms with Crippen LogP contribution in [0, 0.1) is 24.4 Å². The lowest BCUT2D eigenvalue weighted by Crippen LogP contribution is -2.62. The van der Waals surface area contributed by atoms with Gasteiger partial charge in [0.2, 0.25) is 5.91 Å².